The molecule has 0 heterocycles. The van der Waals surface area contributed by atoms with Crippen molar-refractivity contribution in [2.75, 3.05) is 19.8 Å². The van der Waals surface area contributed by atoms with Crippen molar-refractivity contribution < 1.29 is 14.3 Å². The summed E-state index contributed by atoms with van der Waals surface area (Å²) in [7, 11) is 0. The number of carbonyl (C=O) groups excluding carboxylic acids is 1. The van der Waals surface area contributed by atoms with Crippen molar-refractivity contribution in [2.24, 2.45) is 0 Å². The van der Waals surface area contributed by atoms with Crippen molar-refractivity contribution in [1.29, 1.82) is 0 Å². The maximum absolute atomic E-state index is 12.1. The number of hydrogen-bond donors (Lipinski definition) is 1. The Kier molecular flexibility index (Phi) is 6.79. The molecule has 0 saturated carbocycles. The molecule has 0 saturated heterocycles. The molecule has 0 atom stereocenters. The SMILES string of the molecule is CCCCNC(=O)c1ccc(OCC)cc1OCC. The van der Waals surface area contributed by atoms with E-state index in [0.29, 0.717) is 31.1 Å². The van der Waals surface area contributed by atoms with E-state index in [9.17, 15) is 4.79 Å². The van der Waals surface area contributed by atoms with Gasteiger partial charge in [0.1, 0.15) is 11.5 Å². The molecular formula is C15H23NO3. The third kappa shape index (κ3) is 4.81. The molecule has 0 radical (unpaired) electrons. The fraction of sp³-hybridized carbons (Fsp3) is 0.533. The summed E-state index contributed by atoms with van der Waals surface area (Å²) in [6, 6.07) is 5.31. The number of nitrogens with one attached hydrogen (secondary N) is 1. The van der Waals surface area contributed by atoms with E-state index >= 15 is 0 Å². The number of hydrogen-bond acceptors (Lipinski definition) is 3. The summed E-state index contributed by atoms with van der Waals surface area (Å²) in [4.78, 5) is 12.1. The van der Waals surface area contributed by atoms with E-state index in [1.54, 1.807) is 18.2 Å². The van der Waals surface area contributed by atoms with Crippen LogP contribution in [0.15, 0.2) is 18.2 Å². The van der Waals surface area contributed by atoms with Crippen molar-refractivity contribution in [3.63, 3.8) is 0 Å². The fourth-order valence-electron chi connectivity index (χ4n) is 1.70. The van der Waals surface area contributed by atoms with E-state index in [4.69, 9.17) is 9.47 Å². The molecule has 1 amide bonds. The van der Waals surface area contributed by atoms with E-state index in [1.807, 2.05) is 13.8 Å². The molecule has 1 rings (SSSR count). The molecule has 0 aliphatic rings. The van der Waals surface area contributed by atoms with Crippen LogP contribution in [0.4, 0.5) is 0 Å². The fourth-order valence-corrected chi connectivity index (χ4v) is 1.70. The summed E-state index contributed by atoms with van der Waals surface area (Å²) in [5.41, 5.74) is 0.557. The molecule has 0 fully saturated rings. The number of benzene rings is 1. The van der Waals surface area contributed by atoms with E-state index in [-0.39, 0.29) is 5.91 Å². The Morgan fingerprint density at radius 1 is 1.16 bits per heavy atom. The minimum atomic E-state index is -0.0973. The van der Waals surface area contributed by atoms with Crippen molar-refractivity contribution in [1.82, 2.24) is 5.32 Å². The van der Waals surface area contributed by atoms with Crippen molar-refractivity contribution >= 4 is 5.91 Å². The van der Waals surface area contributed by atoms with Crippen LogP contribution in [-0.2, 0) is 0 Å². The maximum atomic E-state index is 12.1. The van der Waals surface area contributed by atoms with E-state index < -0.39 is 0 Å². The first-order valence-electron chi connectivity index (χ1n) is 6.90. The van der Waals surface area contributed by atoms with Gasteiger partial charge >= 0.3 is 0 Å². The average Bonchev–Trinajstić information content (AvgIpc) is 2.40. The van der Waals surface area contributed by atoms with Gasteiger partial charge in [0.05, 0.1) is 18.8 Å². The average molecular weight is 265 g/mol. The number of rotatable bonds is 8. The smallest absolute Gasteiger partial charge is 0.255 e. The van der Waals surface area contributed by atoms with Crippen LogP contribution >= 0.6 is 0 Å². The largest absolute Gasteiger partial charge is 0.494 e. The minimum absolute atomic E-state index is 0.0973. The third-order valence-corrected chi connectivity index (χ3v) is 2.62. The highest BCUT2D eigenvalue weighted by molar-refractivity contribution is 5.97. The van der Waals surface area contributed by atoms with Gasteiger partial charge in [0.15, 0.2) is 0 Å². The van der Waals surface area contributed by atoms with Crippen LogP contribution in [0, 0.1) is 0 Å². The maximum Gasteiger partial charge on any atom is 0.255 e. The lowest BCUT2D eigenvalue weighted by Crippen LogP contribution is -2.25. The van der Waals surface area contributed by atoms with Crippen molar-refractivity contribution in [3.05, 3.63) is 23.8 Å². The standard InChI is InChI=1S/C15H23NO3/c1-4-7-10-16-15(17)13-9-8-12(18-5-2)11-14(13)19-6-3/h8-9,11H,4-7,10H2,1-3H3,(H,16,17). The van der Waals surface area contributed by atoms with Gasteiger partial charge in [0.2, 0.25) is 0 Å². The lowest BCUT2D eigenvalue weighted by molar-refractivity contribution is 0.0949. The van der Waals surface area contributed by atoms with Crippen LogP contribution in [0.25, 0.3) is 0 Å². The summed E-state index contributed by atoms with van der Waals surface area (Å²) in [5.74, 6) is 1.19. The molecule has 1 N–H and O–H groups in total. The highest BCUT2D eigenvalue weighted by Gasteiger charge is 2.13. The van der Waals surface area contributed by atoms with Crippen LogP contribution in [0.3, 0.4) is 0 Å². The Balaban J connectivity index is 2.82. The quantitative estimate of drug-likeness (QED) is 0.735. The van der Waals surface area contributed by atoms with Crippen LogP contribution in [0.1, 0.15) is 44.0 Å². The Morgan fingerprint density at radius 3 is 2.53 bits per heavy atom. The van der Waals surface area contributed by atoms with Crippen molar-refractivity contribution in [3.8, 4) is 11.5 Å². The van der Waals surface area contributed by atoms with Crippen LogP contribution in [0.2, 0.25) is 0 Å². The van der Waals surface area contributed by atoms with Gasteiger partial charge < -0.3 is 14.8 Å². The third-order valence-electron chi connectivity index (χ3n) is 2.62. The first-order valence-corrected chi connectivity index (χ1v) is 6.90. The lowest BCUT2D eigenvalue weighted by Gasteiger charge is -2.12. The van der Waals surface area contributed by atoms with Crippen LogP contribution in [-0.4, -0.2) is 25.7 Å². The molecule has 4 nitrogen and oxygen atoms in total. The second-order valence-corrected chi connectivity index (χ2v) is 4.13. The summed E-state index contributed by atoms with van der Waals surface area (Å²) in [5, 5.41) is 2.89. The van der Waals surface area contributed by atoms with Gasteiger partial charge in [-0.3, -0.25) is 4.79 Å². The summed E-state index contributed by atoms with van der Waals surface area (Å²) < 4.78 is 10.9. The minimum Gasteiger partial charge on any atom is -0.494 e. The first kappa shape index (κ1) is 15.3. The van der Waals surface area contributed by atoms with Gasteiger partial charge in [-0.15, -0.1) is 0 Å². The van der Waals surface area contributed by atoms with E-state index in [2.05, 4.69) is 12.2 Å². The zero-order valence-electron chi connectivity index (χ0n) is 12.0. The molecule has 0 aliphatic carbocycles. The zero-order valence-corrected chi connectivity index (χ0v) is 12.0. The number of ether oxygens (including phenoxy) is 2. The molecule has 0 spiro atoms. The van der Waals surface area contributed by atoms with Crippen molar-refractivity contribution in [2.45, 2.75) is 33.6 Å². The summed E-state index contributed by atoms with van der Waals surface area (Å²) in [6.45, 7) is 7.71. The monoisotopic (exact) mass is 265 g/mol. The van der Waals surface area contributed by atoms with Gasteiger partial charge in [-0.2, -0.15) is 0 Å². The van der Waals surface area contributed by atoms with E-state index in [1.165, 1.54) is 0 Å². The van der Waals surface area contributed by atoms with Gasteiger partial charge in [-0.05, 0) is 32.4 Å². The summed E-state index contributed by atoms with van der Waals surface area (Å²) >= 11 is 0. The number of unbranched alkanes of at least 4 members (excludes halogenated alkanes) is 1. The Labute approximate surface area is 115 Å². The first-order chi connectivity index (χ1) is 9.22. The topological polar surface area (TPSA) is 47.6 Å². The lowest BCUT2D eigenvalue weighted by atomic mass is 10.1. The van der Waals surface area contributed by atoms with Crippen LogP contribution < -0.4 is 14.8 Å². The molecule has 106 valence electrons. The molecule has 0 aliphatic heterocycles. The predicted molar refractivity (Wildman–Crippen MR) is 76.0 cm³/mol. The Bertz CT molecular complexity index is 404. The second-order valence-electron chi connectivity index (χ2n) is 4.13. The molecule has 4 heteroatoms. The molecule has 0 bridgehead atoms. The van der Waals surface area contributed by atoms with Gasteiger partial charge in [0.25, 0.3) is 5.91 Å². The highest BCUT2D eigenvalue weighted by Crippen LogP contribution is 2.25. The second kappa shape index (κ2) is 8.40. The Hall–Kier alpha value is -1.71. The van der Waals surface area contributed by atoms with Gasteiger partial charge in [-0.25, -0.2) is 0 Å². The molecular weight excluding hydrogens is 242 g/mol. The van der Waals surface area contributed by atoms with Crippen LogP contribution in [0.5, 0.6) is 11.5 Å². The number of carbonyl (C=O) groups is 1. The highest BCUT2D eigenvalue weighted by atomic mass is 16.5. The molecule has 1 aromatic carbocycles. The van der Waals surface area contributed by atoms with E-state index in [0.717, 1.165) is 18.6 Å². The molecule has 0 aromatic heterocycles. The molecule has 0 unspecified atom stereocenters. The predicted octanol–water partition coefficient (Wildman–Crippen LogP) is 3.01. The Morgan fingerprint density at radius 2 is 1.89 bits per heavy atom. The van der Waals surface area contributed by atoms with Gasteiger partial charge in [-0.1, -0.05) is 13.3 Å². The normalized spacial score (nSPS) is 10.1. The number of amides is 1. The van der Waals surface area contributed by atoms with Gasteiger partial charge in [0, 0.05) is 12.6 Å². The molecule has 1 aromatic rings. The zero-order chi connectivity index (χ0) is 14.1. The summed E-state index contributed by atoms with van der Waals surface area (Å²) in [6.07, 6.45) is 2.04. The molecule has 19 heavy (non-hydrogen) atoms.